The lowest BCUT2D eigenvalue weighted by Crippen LogP contribution is -2.08. The Morgan fingerprint density at radius 3 is 2.75 bits per heavy atom. The van der Waals surface area contributed by atoms with E-state index in [1.54, 1.807) is 6.92 Å². The van der Waals surface area contributed by atoms with Gasteiger partial charge in [-0.2, -0.15) is 0 Å². The highest BCUT2D eigenvalue weighted by molar-refractivity contribution is 9.10. The summed E-state index contributed by atoms with van der Waals surface area (Å²) in [5.41, 5.74) is 0.761. The van der Waals surface area contributed by atoms with Crippen LogP contribution in [0.15, 0.2) is 10.7 Å². The molecule has 0 aliphatic heterocycles. The Hall–Kier alpha value is -1.04. The first-order valence-electron chi connectivity index (χ1n) is 4.46. The number of rotatable bonds is 3. The molecule has 1 aromatic heterocycles. The van der Waals surface area contributed by atoms with Crippen LogP contribution in [0.5, 0.6) is 0 Å². The van der Waals surface area contributed by atoms with Gasteiger partial charge in [0.1, 0.15) is 4.60 Å². The van der Waals surface area contributed by atoms with Crippen LogP contribution in [0, 0.1) is 6.92 Å². The van der Waals surface area contributed by atoms with Crippen molar-refractivity contribution < 1.29 is 18.3 Å². The quantitative estimate of drug-likeness (QED) is 0.635. The first kappa shape index (κ1) is 13.0. The summed E-state index contributed by atoms with van der Waals surface area (Å²) in [6.45, 7) is 1.65. The van der Waals surface area contributed by atoms with Crippen LogP contribution in [0.2, 0.25) is 0 Å². The Kier molecular flexibility index (Phi) is 4.35. The number of hydrogen-bond donors (Lipinski definition) is 0. The number of aromatic nitrogens is 1. The Balaban J connectivity index is 3.09. The molecule has 0 fully saturated rings. The molecule has 1 rings (SSSR count). The number of ether oxygens (including phenoxy) is 1. The molecule has 0 N–H and O–H groups in total. The minimum absolute atomic E-state index is 0.0532. The fourth-order valence-corrected chi connectivity index (χ4v) is 1.75. The highest BCUT2D eigenvalue weighted by Gasteiger charge is 2.16. The lowest BCUT2D eigenvalue weighted by atomic mass is 10.1. The molecule has 0 aromatic carbocycles. The molecule has 88 valence electrons. The molecule has 0 saturated heterocycles. The van der Waals surface area contributed by atoms with Crippen molar-refractivity contribution in [3.8, 4) is 0 Å². The van der Waals surface area contributed by atoms with E-state index in [9.17, 15) is 13.6 Å². The number of alkyl halides is 2. The van der Waals surface area contributed by atoms with Crippen LogP contribution >= 0.6 is 15.9 Å². The van der Waals surface area contributed by atoms with E-state index in [-0.39, 0.29) is 16.6 Å². The van der Waals surface area contributed by atoms with Crippen molar-refractivity contribution in [1.29, 1.82) is 0 Å². The third-order valence-corrected chi connectivity index (χ3v) is 2.73. The number of halogens is 3. The standard InChI is InChI=1S/C10H10BrF2NO2/c1-5-6(4-8(15)16-2)3-7(10(12)13)9(11)14-5/h3,10H,4H2,1-2H3. The van der Waals surface area contributed by atoms with Gasteiger partial charge in [0.25, 0.3) is 6.43 Å². The SMILES string of the molecule is COC(=O)Cc1cc(C(F)F)c(Br)nc1C. The molecule has 3 nitrogen and oxygen atoms in total. The van der Waals surface area contributed by atoms with E-state index in [2.05, 4.69) is 25.7 Å². The Bertz CT molecular complexity index is 410. The maximum Gasteiger partial charge on any atom is 0.310 e. The Labute approximate surface area is 99.9 Å². The molecule has 1 aromatic rings. The predicted octanol–water partition coefficient (Wildman–Crippen LogP) is 2.81. The number of aryl methyl sites for hydroxylation is 1. The second-order valence-electron chi connectivity index (χ2n) is 3.17. The molecule has 0 saturated carbocycles. The topological polar surface area (TPSA) is 39.2 Å². The molecule has 0 atom stereocenters. The molecule has 0 aliphatic carbocycles. The first-order valence-corrected chi connectivity index (χ1v) is 5.26. The van der Waals surface area contributed by atoms with Crippen molar-refractivity contribution >= 4 is 21.9 Å². The van der Waals surface area contributed by atoms with Gasteiger partial charge >= 0.3 is 5.97 Å². The fourth-order valence-electron chi connectivity index (χ4n) is 1.19. The van der Waals surface area contributed by atoms with Crippen molar-refractivity contribution in [2.75, 3.05) is 7.11 Å². The maximum absolute atomic E-state index is 12.6. The van der Waals surface area contributed by atoms with Gasteiger partial charge in [0.05, 0.1) is 19.1 Å². The first-order chi connectivity index (χ1) is 7.45. The highest BCUT2D eigenvalue weighted by Crippen LogP contribution is 2.27. The number of esters is 1. The van der Waals surface area contributed by atoms with Crippen LogP contribution in [0.3, 0.4) is 0 Å². The molecule has 0 amide bonds. The second kappa shape index (κ2) is 5.34. The molecule has 0 aliphatic rings. The van der Waals surface area contributed by atoms with Crippen LogP contribution in [0.4, 0.5) is 8.78 Å². The molecular formula is C10H10BrF2NO2. The highest BCUT2D eigenvalue weighted by atomic mass is 79.9. The molecule has 0 radical (unpaired) electrons. The molecule has 6 heteroatoms. The van der Waals surface area contributed by atoms with Gasteiger partial charge < -0.3 is 4.74 Å². The summed E-state index contributed by atoms with van der Waals surface area (Å²) in [5, 5.41) is 0. The van der Waals surface area contributed by atoms with E-state index >= 15 is 0 Å². The summed E-state index contributed by atoms with van der Waals surface area (Å²) < 4.78 is 29.7. The van der Waals surface area contributed by atoms with E-state index < -0.39 is 12.4 Å². The molecule has 0 bridgehead atoms. The molecule has 0 spiro atoms. The third kappa shape index (κ3) is 2.98. The summed E-state index contributed by atoms with van der Waals surface area (Å²) in [5.74, 6) is -0.479. The zero-order chi connectivity index (χ0) is 12.3. The van der Waals surface area contributed by atoms with Crippen LogP contribution in [0.25, 0.3) is 0 Å². The molecule has 16 heavy (non-hydrogen) atoms. The van der Waals surface area contributed by atoms with Gasteiger partial charge in [-0.05, 0) is 34.5 Å². The monoisotopic (exact) mass is 293 g/mol. The smallest absolute Gasteiger partial charge is 0.310 e. The summed E-state index contributed by atoms with van der Waals surface area (Å²) in [6.07, 6.45) is -2.68. The van der Waals surface area contributed by atoms with E-state index in [4.69, 9.17) is 0 Å². The van der Waals surface area contributed by atoms with Crippen molar-refractivity contribution in [3.63, 3.8) is 0 Å². The summed E-state index contributed by atoms with van der Waals surface area (Å²) in [7, 11) is 1.25. The van der Waals surface area contributed by atoms with E-state index in [0.717, 1.165) is 0 Å². The zero-order valence-electron chi connectivity index (χ0n) is 8.76. The number of pyridine rings is 1. The predicted molar refractivity (Wildman–Crippen MR) is 57.4 cm³/mol. The number of nitrogens with zero attached hydrogens (tertiary/aromatic N) is 1. The van der Waals surface area contributed by atoms with Gasteiger partial charge in [0.2, 0.25) is 0 Å². The Morgan fingerprint density at radius 2 is 2.25 bits per heavy atom. The zero-order valence-corrected chi connectivity index (χ0v) is 10.3. The molecule has 1 heterocycles. The van der Waals surface area contributed by atoms with Crippen LogP contribution < -0.4 is 0 Å². The van der Waals surface area contributed by atoms with Crippen LogP contribution in [-0.4, -0.2) is 18.1 Å². The fraction of sp³-hybridized carbons (Fsp3) is 0.400. The van der Waals surface area contributed by atoms with Crippen molar-refractivity contribution in [2.24, 2.45) is 0 Å². The van der Waals surface area contributed by atoms with E-state index in [1.807, 2.05) is 0 Å². The number of hydrogen-bond acceptors (Lipinski definition) is 3. The Morgan fingerprint density at radius 1 is 1.62 bits per heavy atom. The van der Waals surface area contributed by atoms with Gasteiger partial charge in [-0.1, -0.05) is 0 Å². The van der Waals surface area contributed by atoms with Crippen LogP contribution in [-0.2, 0) is 16.0 Å². The van der Waals surface area contributed by atoms with E-state index in [0.29, 0.717) is 11.3 Å². The minimum atomic E-state index is -2.63. The summed E-state index contributed by atoms with van der Waals surface area (Å²) >= 11 is 2.96. The van der Waals surface area contributed by atoms with Crippen molar-refractivity contribution in [1.82, 2.24) is 4.98 Å². The van der Waals surface area contributed by atoms with E-state index in [1.165, 1.54) is 13.2 Å². The van der Waals surface area contributed by atoms with Gasteiger partial charge in [-0.15, -0.1) is 0 Å². The van der Waals surface area contributed by atoms with Gasteiger partial charge in [-0.3, -0.25) is 4.79 Å². The molecule has 0 unspecified atom stereocenters. The minimum Gasteiger partial charge on any atom is -0.469 e. The third-order valence-electron chi connectivity index (χ3n) is 2.10. The van der Waals surface area contributed by atoms with Gasteiger partial charge in [-0.25, -0.2) is 13.8 Å². The number of carbonyl (C=O) groups is 1. The average molecular weight is 294 g/mol. The van der Waals surface area contributed by atoms with Gasteiger partial charge in [0, 0.05) is 5.69 Å². The van der Waals surface area contributed by atoms with Crippen molar-refractivity contribution in [3.05, 3.63) is 27.5 Å². The number of carbonyl (C=O) groups excluding carboxylic acids is 1. The lowest BCUT2D eigenvalue weighted by molar-refractivity contribution is -0.139. The normalized spacial score (nSPS) is 10.6. The average Bonchev–Trinajstić information content (AvgIpc) is 2.21. The maximum atomic E-state index is 12.6. The second-order valence-corrected chi connectivity index (χ2v) is 3.92. The number of methoxy groups -OCH3 is 1. The summed E-state index contributed by atoms with van der Waals surface area (Å²) in [4.78, 5) is 15.0. The van der Waals surface area contributed by atoms with Crippen molar-refractivity contribution in [2.45, 2.75) is 19.8 Å². The summed E-state index contributed by atoms with van der Waals surface area (Å²) in [6, 6.07) is 1.27. The van der Waals surface area contributed by atoms with Crippen LogP contribution in [0.1, 0.15) is 23.2 Å². The molecular weight excluding hydrogens is 284 g/mol. The largest absolute Gasteiger partial charge is 0.469 e. The lowest BCUT2D eigenvalue weighted by Gasteiger charge is -2.09. The van der Waals surface area contributed by atoms with Gasteiger partial charge in [0.15, 0.2) is 0 Å².